The molecule has 1 aromatic rings. The molecule has 3 heterocycles. The molecular formula is C15H18F3N3O6. The lowest BCUT2D eigenvalue weighted by Gasteiger charge is -2.40. The number of ether oxygens (including phenoxy) is 3. The van der Waals surface area contributed by atoms with Gasteiger partial charge in [0.1, 0.15) is 18.3 Å². The number of carboxylic acid groups (broad SMARTS) is 1. The molecule has 1 aromatic heterocycles. The molecule has 2 N–H and O–H groups in total. The van der Waals surface area contributed by atoms with Crippen LogP contribution in [0, 0.1) is 0 Å². The molecular weight excluding hydrogens is 375 g/mol. The third-order valence-electron chi connectivity index (χ3n) is 4.27. The van der Waals surface area contributed by atoms with Crippen molar-refractivity contribution in [3.63, 3.8) is 0 Å². The lowest BCUT2D eigenvalue weighted by molar-refractivity contribution is -0.157. The number of hydrogen-bond acceptors (Lipinski definition) is 7. The molecule has 12 heteroatoms. The lowest BCUT2D eigenvalue weighted by atomic mass is 9.97. The molecule has 0 saturated carbocycles. The van der Waals surface area contributed by atoms with E-state index in [0.717, 1.165) is 6.20 Å². The first kappa shape index (κ1) is 19.7. The SMILES string of the molecule is CC1(C)O[C@@H]2[C@H](O1)[C@@H](N(C(=O)O)c1cncc(C(F)(F)F)n1)CO[C@@H]2CO. The molecule has 2 fully saturated rings. The first-order chi connectivity index (χ1) is 12.5. The molecule has 4 atom stereocenters. The molecule has 0 aliphatic carbocycles. The summed E-state index contributed by atoms with van der Waals surface area (Å²) in [5.74, 6) is -1.60. The predicted octanol–water partition coefficient (Wildman–Crippen LogP) is 1.26. The second-order valence-corrected chi connectivity index (χ2v) is 6.60. The number of aliphatic hydroxyl groups excluding tert-OH is 1. The third-order valence-corrected chi connectivity index (χ3v) is 4.27. The number of halogens is 3. The van der Waals surface area contributed by atoms with Gasteiger partial charge in [0, 0.05) is 0 Å². The maximum atomic E-state index is 12.9. The highest BCUT2D eigenvalue weighted by Gasteiger charge is 2.54. The molecule has 9 nitrogen and oxygen atoms in total. The fraction of sp³-hybridized carbons (Fsp3) is 0.667. The maximum absolute atomic E-state index is 12.9. The summed E-state index contributed by atoms with van der Waals surface area (Å²) in [6.45, 7) is 2.60. The quantitative estimate of drug-likeness (QED) is 0.789. The molecule has 0 aromatic carbocycles. The minimum Gasteiger partial charge on any atom is -0.465 e. The molecule has 27 heavy (non-hydrogen) atoms. The van der Waals surface area contributed by atoms with Crippen LogP contribution in [0.1, 0.15) is 19.5 Å². The minimum atomic E-state index is -4.78. The lowest BCUT2D eigenvalue weighted by Crippen LogP contribution is -2.60. The van der Waals surface area contributed by atoms with Gasteiger partial charge in [0.25, 0.3) is 0 Å². The Balaban J connectivity index is 1.97. The first-order valence-electron chi connectivity index (χ1n) is 8.03. The Morgan fingerprint density at radius 2 is 2.00 bits per heavy atom. The number of alkyl halides is 3. The summed E-state index contributed by atoms with van der Waals surface area (Å²) in [6, 6.07) is -1.05. The van der Waals surface area contributed by atoms with Gasteiger partial charge in [-0.3, -0.25) is 9.88 Å². The summed E-state index contributed by atoms with van der Waals surface area (Å²) in [7, 11) is 0. The van der Waals surface area contributed by atoms with Gasteiger partial charge < -0.3 is 24.4 Å². The van der Waals surface area contributed by atoms with Gasteiger partial charge in [-0.25, -0.2) is 9.78 Å². The van der Waals surface area contributed by atoms with Gasteiger partial charge in [-0.15, -0.1) is 0 Å². The largest absolute Gasteiger partial charge is 0.465 e. The number of aromatic nitrogens is 2. The number of amides is 1. The zero-order valence-corrected chi connectivity index (χ0v) is 14.4. The molecule has 0 unspecified atom stereocenters. The van der Waals surface area contributed by atoms with Gasteiger partial charge in [0.05, 0.1) is 31.6 Å². The van der Waals surface area contributed by atoms with E-state index in [1.54, 1.807) is 13.8 Å². The van der Waals surface area contributed by atoms with Crippen LogP contribution in [0.2, 0.25) is 0 Å². The Morgan fingerprint density at radius 3 is 2.59 bits per heavy atom. The number of carbonyl (C=O) groups is 1. The Hall–Kier alpha value is -2.02. The zero-order chi connectivity index (χ0) is 20.0. The van der Waals surface area contributed by atoms with Crippen molar-refractivity contribution in [3.8, 4) is 0 Å². The van der Waals surface area contributed by atoms with E-state index in [4.69, 9.17) is 14.2 Å². The van der Waals surface area contributed by atoms with E-state index in [-0.39, 0.29) is 13.2 Å². The number of fused-ring (bicyclic) bond motifs is 1. The van der Waals surface area contributed by atoms with Crippen LogP contribution in [0.25, 0.3) is 0 Å². The summed E-state index contributed by atoms with van der Waals surface area (Å²) >= 11 is 0. The van der Waals surface area contributed by atoms with Crippen LogP contribution in [-0.2, 0) is 20.4 Å². The van der Waals surface area contributed by atoms with E-state index in [1.807, 2.05) is 0 Å². The van der Waals surface area contributed by atoms with E-state index in [1.165, 1.54) is 0 Å². The Kier molecular flexibility index (Phi) is 5.01. The molecule has 0 spiro atoms. The summed E-state index contributed by atoms with van der Waals surface area (Å²) in [5.41, 5.74) is -1.32. The molecule has 1 amide bonds. The fourth-order valence-corrected chi connectivity index (χ4v) is 3.21. The van der Waals surface area contributed by atoms with Crippen molar-refractivity contribution >= 4 is 11.9 Å². The number of hydrogen-bond donors (Lipinski definition) is 2. The van der Waals surface area contributed by atoms with E-state index < -0.39 is 53.9 Å². The molecule has 0 bridgehead atoms. The highest BCUT2D eigenvalue weighted by molar-refractivity contribution is 5.85. The standard InChI is InChI=1S/C15H18F3N3O6/c1-14(2)26-11-7(6-25-8(5-22)12(11)27-14)21(13(23)24)10-4-19-3-9(20-10)15(16,17)18/h3-4,7-8,11-12,22H,5-6H2,1-2H3,(H,23,24)/t7-,8+,11+,12-/m0/s1. The molecule has 150 valence electrons. The van der Waals surface area contributed by atoms with E-state index in [0.29, 0.717) is 11.1 Å². The Morgan fingerprint density at radius 1 is 1.33 bits per heavy atom. The van der Waals surface area contributed by atoms with Crippen molar-refractivity contribution in [3.05, 3.63) is 18.1 Å². The smallest absolute Gasteiger partial charge is 0.434 e. The van der Waals surface area contributed by atoms with Crippen LogP contribution in [0.4, 0.5) is 23.8 Å². The molecule has 2 aliphatic heterocycles. The van der Waals surface area contributed by atoms with Crippen LogP contribution >= 0.6 is 0 Å². The first-order valence-corrected chi connectivity index (χ1v) is 8.03. The van der Waals surface area contributed by atoms with Gasteiger partial charge in [-0.1, -0.05) is 0 Å². The van der Waals surface area contributed by atoms with Crippen molar-refractivity contribution < 1.29 is 42.4 Å². The van der Waals surface area contributed by atoms with Crippen LogP contribution in [0.3, 0.4) is 0 Å². The third kappa shape index (κ3) is 3.83. The van der Waals surface area contributed by atoms with Gasteiger partial charge in [-0.2, -0.15) is 13.2 Å². The van der Waals surface area contributed by atoms with Gasteiger partial charge in [-0.05, 0) is 13.8 Å². The summed E-state index contributed by atoms with van der Waals surface area (Å²) in [4.78, 5) is 19.3. The average Bonchev–Trinajstić information content (AvgIpc) is 2.90. The van der Waals surface area contributed by atoms with Crippen molar-refractivity contribution in [1.82, 2.24) is 9.97 Å². The second-order valence-electron chi connectivity index (χ2n) is 6.60. The normalized spacial score (nSPS) is 30.0. The average molecular weight is 393 g/mol. The Labute approximate surface area is 151 Å². The summed E-state index contributed by atoms with van der Waals surface area (Å²) in [5, 5.41) is 19.1. The van der Waals surface area contributed by atoms with Crippen molar-refractivity contribution in [2.45, 2.75) is 50.2 Å². The van der Waals surface area contributed by atoms with Crippen LogP contribution in [-0.4, -0.2) is 69.6 Å². The van der Waals surface area contributed by atoms with Crippen molar-refractivity contribution in [2.75, 3.05) is 18.1 Å². The molecule has 3 rings (SSSR count). The molecule has 0 radical (unpaired) electrons. The van der Waals surface area contributed by atoms with E-state index in [2.05, 4.69) is 9.97 Å². The van der Waals surface area contributed by atoms with Gasteiger partial charge in [0.2, 0.25) is 0 Å². The van der Waals surface area contributed by atoms with Crippen molar-refractivity contribution in [1.29, 1.82) is 0 Å². The zero-order valence-electron chi connectivity index (χ0n) is 14.4. The van der Waals surface area contributed by atoms with Crippen LogP contribution in [0.5, 0.6) is 0 Å². The van der Waals surface area contributed by atoms with Crippen LogP contribution in [0.15, 0.2) is 12.4 Å². The monoisotopic (exact) mass is 393 g/mol. The molecule has 2 saturated heterocycles. The van der Waals surface area contributed by atoms with Crippen LogP contribution < -0.4 is 4.90 Å². The van der Waals surface area contributed by atoms with Gasteiger partial charge in [0.15, 0.2) is 17.3 Å². The van der Waals surface area contributed by atoms with E-state index >= 15 is 0 Å². The highest BCUT2D eigenvalue weighted by Crippen LogP contribution is 2.38. The number of rotatable bonds is 3. The fourth-order valence-electron chi connectivity index (χ4n) is 3.21. The summed E-state index contributed by atoms with van der Waals surface area (Å²) in [6.07, 6.45) is -7.34. The van der Waals surface area contributed by atoms with E-state index in [9.17, 15) is 28.2 Å². The minimum absolute atomic E-state index is 0.226. The molecule has 2 aliphatic rings. The maximum Gasteiger partial charge on any atom is 0.434 e. The second kappa shape index (κ2) is 6.86. The number of anilines is 1. The number of aliphatic hydroxyl groups is 1. The Bertz CT molecular complexity index is 716. The topological polar surface area (TPSA) is 114 Å². The highest BCUT2D eigenvalue weighted by atomic mass is 19.4. The van der Waals surface area contributed by atoms with Crippen molar-refractivity contribution in [2.24, 2.45) is 0 Å². The summed E-state index contributed by atoms with van der Waals surface area (Å²) < 4.78 is 55.7. The predicted molar refractivity (Wildman–Crippen MR) is 82.0 cm³/mol. The number of nitrogens with zero attached hydrogens (tertiary/aromatic N) is 3. The van der Waals surface area contributed by atoms with Gasteiger partial charge >= 0.3 is 12.3 Å².